The van der Waals surface area contributed by atoms with Gasteiger partial charge in [0, 0.05) is 31.6 Å². The van der Waals surface area contributed by atoms with E-state index in [2.05, 4.69) is 6.07 Å². The second-order valence-electron chi connectivity index (χ2n) is 5.41. The molecule has 2 rings (SSSR count). The number of halogens is 1. The van der Waals surface area contributed by atoms with Gasteiger partial charge in [-0.15, -0.1) is 0 Å². The molecule has 0 saturated carbocycles. The first-order valence-corrected chi connectivity index (χ1v) is 7.40. The maximum Gasteiger partial charge on any atom is 0.328 e. The number of aliphatic hydroxyl groups is 1. The molecule has 0 aliphatic rings. The summed E-state index contributed by atoms with van der Waals surface area (Å²) in [5.74, 6) is 0. The average Bonchev–Trinajstić information content (AvgIpc) is 2.70. The van der Waals surface area contributed by atoms with Crippen LogP contribution in [0.4, 0.5) is 0 Å². The number of aryl methyl sites for hydroxylation is 1. The van der Waals surface area contributed by atoms with E-state index in [-0.39, 0.29) is 12.2 Å². The zero-order valence-electron chi connectivity index (χ0n) is 12.7. The molecule has 0 aliphatic heterocycles. The molecule has 0 spiro atoms. The van der Waals surface area contributed by atoms with E-state index >= 15 is 0 Å². The number of hydrogen-bond donors (Lipinski definition) is 1. The van der Waals surface area contributed by atoms with Crippen LogP contribution in [0.15, 0.2) is 23.0 Å². The Bertz CT molecular complexity index is 759. The molecule has 6 nitrogen and oxygen atoms in total. The standard InChI is InChI=1S/C15H19ClN4O2/c1-18(7-3-6-17)9-12(21)10-20-13-5-4-11(16)8-14(13)19(2)15(20)22/h4-5,8,12,21H,3,7,9-10H2,1-2H3. The molecule has 1 N–H and O–H groups in total. The summed E-state index contributed by atoms with van der Waals surface area (Å²) in [5.41, 5.74) is 1.30. The predicted octanol–water partition coefficient (Wildman–Crippen LogP) is 1.20. The van der Waals surface area contributed by atoms with Crippen LogP contribution in [0.5, 0.6) is 0 Å². The topological polar surface area (TPSA) is 74.2 Å². The quantitative estimate of drug-likeness (QED) is 0.867. The molecule has 22 heavy (non-hydrogen) atoms. The molecule has 7 heteroatoms. The molecule has 1 aromatic heterocycles. The molecule has 0 saturated heterocycles. The highest BCUT2D eigenvalue weighted by molar-refractivity contribution is 6.31. The molecule has 1 atom stereocenters. The predicted molar refractivity (Wildman–Crippen MR) is 85.9 cm³/mol. The van der Waals surface area contributed by atoms with Gasteiger partial charge in [0.2, 0.25) is 0 Å². The van der Waals surface area contributed by atoms with Gasteiger partial charge >= 0.3 is 5.69 Å². The Labute approximate surface area is 133 Å². The van der Waals surface area contributed by atoms with Crippen LogP contribution in [0.2, 0.25) is 5.02 Å². The van der Waals surface area contributed by atoms with E-state index in [9.17, 15) is 9.90 Å². The Hall–Kier alpha value is -1.81. The molecule has 118 valence electrons. The number of nitriles is 1. The van der Waals surface area contributed by atoms with Gasteiger partial charge in [0.05, 0.1) is 29.8 Å². The number of aromatic nitrogens is 2. The van der Waals surface area contributed by atoms with Gasteiger partial charge < -0.3 is 10.0 Å². The van der Waals surface area contributed by atoms with Crippen LogP contribution >= 0.6 is 11.6 Å². The first-order chi connectivity index (χ1) is 10.4. The summed E-state index contributed by atoms with van der Waals surface area (Å²) in [6, 6.07) is 7.32. The van der Waals surface area contributed by atoms with Crippen molar-refractivity contribution >= 4 is 22.6 Å². The minimum absolute atomic E-state index is 0.184. The van der Waals surface area contributed by atoms with Crippen LogP contribution in [0.1, 0.15) is 6.42 Å². The lowest BCUT2D eigenvalue weighted by Gasteiger charge is -2.19. The van der Waals surface area contributed by atoms with E-state index < -0.39 is 6.10 Å². The summed E-state index contributed by atoms with van der Waals surface area (Å²) in [6.07, 6.45) is -0.279. The highest BCUT2D eigenvalue weighted by atomic mass is 35.5. The third kappa shape index (κ3) is 3.50. The van der Waals surface area contributed by atoms with Crippen molar-refractivity contribution in [2.75, 3.05) is 20.1 Å². The molecule has 0 amide bonds. The highest BCUT2D eigenvalue weighted by Crippen LogP contribution is 2.18. The molecule has 0 aliphatic carbocycles. The van der Waals surface area contributed by atoms with Gasteiger partial charge in [0.25, 0.3) is 0 Å². The van der Waals surface area contributed by atoms with Crippen LogP contribution in [-0.4, -0.2) is 45.4 Å². The maximum atomic E-state index is 12.3. The van der Waals surface area contributed by atoms with Crippen molar-refractivity contribution in [1.82, 2.24) is 14.0 Å². The second-order valence-corrected chi connectivity index (χ2v) is 5.85. The average molecular weight is 323 g/mol. The maximum absolute atomic E-state index is 12.3. The molecule has 0 radical (unpaired) electrons. The van der Waals surface area contributed by atoms with E-state index in [0.717, 1.165) is 11.0 Å². The fraction of sp³-hybridized carbons (Fsp3) is 0.467. The van der Waals surface area contributed by atoms with Crippen molar-refractivity contribution in [2.24, 2.45) is 7.05 Å². The molecule has 1 unspecified atom stereocenters. The number of benzene rings is 1. The van der Waals surface area contributed by atoms with Gasteiger partial charge in [0.15, 0.2) is 0 Å². The number of nitrogens with zero attached hydrogens (tertiary/aromatic N) is 4. The van der Waals surface area contributed by atoms with Gasteiger partial charge in [-0.05, 0) is 25.2 Å². The summed E-state index contributed by atoms with van der Waals surface area (Å²) in [4.78, 5) is 14.2. The summed E-state index contributed by atoms with van der Waals surface area (Å²) < 4.78 is 3.07. The van der Waals surface area contributed by atoms with Crippen molar-refractivity contribution < 1.29 is 5.11 Å². The summed E-state index contributed by atoms with van der Waals surface area (Å²) in [5, 5.41) is 19.3. The number of fused-ring (bicyclic) bond motifs is 1. The second kappa shape index (κ2) is 6.97. The van der Waals surface area contributed by atoms with Crippen molar-refractivity contribution in [3.8, 4) is 6.07 Å². The smallest absolute Gasteiger partial charge is 0.328 e. The fourth-order valence-corrected chi connectivity index (χ4v) is 2.68. The van der Waals surface area contributed by atoms with Crippen molar-refractivity contribution in [2.45, 2.75) is 19.1 Å². The number of likely N-dealkylation sites (N-methyl/N-ethyl adjacent to an activating group) is 1. The van der Waals surface area contributed by atoms with Gasteiger partial charge in [-0.2, -0.15) is 5.26 Å². The van der Waals surface area contributed by atoms with Crippen LogP contribution in [0.25, 0.3) is 11.0 Å². The minimum Gasteiger partial charge on any atom is -0.390 e. The van der Waals surface area contributed by atoms with Crippen LogP contribution in [0, 0.1) is 11.3 Å². The molecule has 1 heterocycles. The third-order valence-electron chi connectivity index (χ3n) is 3.63. The van der Waals surface area contributed by atoms with Crippen LogP contribution in [0.3, 0.4) is 0 Å². The van der Waals surface area contributed by atoms with Crippen molar-refractivity contribution in [3.05, 3.63) is 33.7 Å². The van der Waals surface area contributed by atoms with Gasteiger partial charge in [-0.1, -0.05) is 11.6 Å². The van der Waals surface area contributed by atoms with Crippen LogP contribution < -0.4 is 5.69 Å². The largest absolute Gasteiger partial charge is 0.390 e. The lowest BCUT2D eigenvalue weighted by molar-refractivity contribution is 0.111. The van der Waals surface area contributed by atoms with E-state index in [1.54, 1.807) is 29.8 Å². The number of hydrogen-bond acceptors (Lipinski definition) is 4. The number of rotatable bonds is 6. The first-order valence-electron chi connectivity index (χ1n) is 7.02. The third-order valence-corrected chi connectivity index (χ3v) is 3.86. The molecule has 0 bridgehead atoms. The van der Waals surface area contributed by atoms with Gasteiger partial charge in [-0.3, -0.25) is 9.13 Å². The Balaban J connectivity index is 2.20. The highest BCUT2D eigenvalue weighted by Gasteiger charge is 2.15. The molecule has 0 fully saturated rings. The summed E-state index contributed by atoms with van der Waals surface area (Å²) >= 11 is 5.97. The number of imidazole rings is 1. The van der Waals surface area contributed by atoms with E-state index in [0.29, 0.717) is 24.5 Å². The fourth-order valence-electron chi connectivity index (χ4n) is 2.52. The zero-order chi connectivity index (χ0) is 16.3. The lowest BCUT2D eigenvalue weighted by Crippen LogP contribution is -2.35. The van der Waals surface area contributed by atoms with Gasteiger partial charge in [0.1, 0.15) is 0 Å². The van der Waals surface area contributed by atoms with Crippen molar-refractivity contribution in [3.63, 3.8) is 0 Å². The lowest BCUT2D eigenvalue weighted by atomic mass is 10.3. The summed E-state index contributed by atoms with van der Waals surface area (Å²) in [6.45, 7) is 1.19. The number of aliphatic hydroxyl groups excluding tert-OH is 1. The molecular formula is C15H19ClN4O2. The van der Waals surface area contributed by atoms with E-state index in [1.807, 2.05) is 11.9 Å². The Morgan fingerprint density at radius 3 is 2.86 bits per heavy atom. The van der Waals surface area contributed by atoms with E-state index in [4.69, 9.17) is 16.9 Å². The monoisotopic (exact) mass is 322 g/mol. The van der Waals surface area contributed by atoms with Crippen LogP contribution in [-0.2, 0) is 13.6 Å². The normalized spacial score (nSPS) is 12.7. The Morgan fingerprint density at radius 2 is 2.18 bits per heavy atom. The Kier molecular flexibility index (Phi) is 5.24. The zero-order valence-corrected chi connectivity index (χ0v) is 13.4. The first kappa shape index (κ1) is 16.6. The SMILES string of the molecule is CN(CCC#N)CC(O)Cn1c(=O)n(C)c2cc(Cl)ccc21. The summed E-state index contributed by atoms with van der Waals surface area (Å²) in [7, 11) is 3.52. The molecule has 1 aromatic carbocycles. The minimum atomic E-state index is -0.692. The molecule has 2 aromatic rings. The molecular weight excluding hydrogens is 304 g/mol. The van der Waals surface area contributed by atoms with Crippen molar-refractivity contribution in [1.29, 1.82) is 5.26 Å². The van der Waals surface area contributed by atoms with E-state index in [1.165, 1.54) is 4.57 Å². The van der Waals surface area contributed by atoms with Gasteiger partial charge in [-0.25, -0.2) is 4.79 Å². The Morgan fingerprint density at radius 1 is 1.45 bits per heavy atom.